The lowest BCUT2D eigenvalue weighted by Gasteiger charge is -2.08. The molecule has 0 unspecified atom stereocenters. The average Bonchev–Trinajstić information content (AvgIpc) is 2.25. The average molecular weight is 244 g/mol. The van der Waals surface area contributed by atoms with Crippen LogP contribution in [0.4, 0.5) is 13.2 Å². The zero-order valence-electron chi connectivity index (χ0n) is 9.75. The van der Waals surface area contributed by atoms with E-state index < -0.39 is 11.7 Å². The number of amidine groups is 1. The van der Waals surface area contributed by atoms with Gasteiger partial charge in [-0.1, -0.05) is 26.0 Å². The van der Waals surface area contributed by atoms with Gasteiger partial charge in [0.1, 0.15) is 5.84 Å². The summed E-state index contributed by atoms with van der Waals surface area (Å²) >= 11 is 0. The molecule has 17 heavy (non-hydrogen) atoms. The fourth-order valence-electron chi connectivity index (χ4n) is 1.23. The Morgan fingerprint density at radius 2 is 2.00 bits per heavy atom. The van der Waals surface area contributed by atoms with Crippen LogP contribution >= 0.6 is 0 Å². The highest BCUT2D eigenvalue weighted by molar-refractivity contribution is 5.97. The van der Waals surface area contributed by atoms with E-state index in [9.17, 15) is 13.2 Å². The maximum atomic E-state index is 12.5. The molecule has 5 heteroatoms. The molecule has 0 spiro atoms. The number of alkyl halides is 3. The van der Waals surface area contributed by atoms with E-state index in [1.807, 2.05) is 13.8 Å². The number of benzene rings is 1. The largest absolute Gasteiger partial charge is 0.416 e. The molecular weight excluding hydrogens is 229 g/mol. The number of nitrogens with zero attached hydrogens (tertiary/aromatic N) is 1. The van der Waals surface area contributed by atoms with Gasteiger partial charge in [-0.15, -0.1) is 0 Å². The van der Waals surface area contributed by atoms with Crippen molar-refractivity contribution in [3.8, 4) is 0 Å². The molecular formula is C12H15F3N2. The van der Waals surface area contributed by atoms with Gasteiger partial charge in [0.2, 0.25) is 0 Å². The van der Waals surface area contributed by atoms with Crippen LogP contribution in [0.3, 0.4) is 0 Å². The van der Waals surface area contributed by atoms with Crippen molar-refractivity contribution >= 4 is 5.84 Å². The van der Waals surface area contributed by atoms with Crippen LogP contribution in [-0.4, -0.2) is 12.4 Å². The topological polar surface area (TPSA) is 38.4 Å². The first kappa shape index (κ1) is 13.5. The fourth-order valence-corrected chi connectivity index (χ4v) is 1.23. The molecule has 0 heterocycles. The molecule has 2 nitrogen and oxygen atoms in total. The molecule has 0 saturated heterocycles. The monoisotopic (exact) mass is 244 g/mol. The van der Waals surface area contributed by atoms with Crippen molar-refractivity contribution in [3.05, 3.63) is 35.4 Å². The minimum atomic E-state index is -4.35. The molecule has 1 rings (SSSR count). The summed E-state index contributed by atoms with van der Waals surface area (Å²) in [5.41, 5.74) is 5.23. The predicted molar refractivity (Wildman–Crippen MR) is 61.9 cm³/mol. The van der Waals surface area contributed by atoms with Crippen LogP contribution < -0.4 is 5.73 Å². The predicted octanol–water partition coefficient (Wildman–Crippen LogP) is 3.07. The molecule has 0 bridgehead atoms. The Morgan fingerprint density at radius 1 is 1.35 bits per heavy atom. The molecule has 0 aliphatic heterocycles. The van der Waals surface area contributed by atoms with Crippen LogP contribution in [0.5, 0.6) is 0 Å². The van der Waals surface area contributed by atoms with Crippen molar-refractivity contribution in [3.63, 3.8) is 0 Å². The van der Waals surface area contributed by atoms with E-state index in [0.29, 0.717) is 18.0 Å². The SMILES string of the molecule is CC(C)CN=C(N)c1cccc(C(F)(F)F)c1. The van der Waals surface area contributed by atoms with E-state index in [4.69, 9.17) is 5.73 Å². The molecule has 0 radical (unpaired) electrons. The fraction of sp³-hybridized carbons (Fsp3) is 0.417. The Kier molecular flexibility index (Phi) is 4.15. The summed E-state index contributed by atoms with van der Waals surface area (Å²) in [7, 11) is 0. The van der Waals surface area contributed by atoms with E-state index >= 15 is 0 Å². The second-order valence-electron chi connectivity index (χ2n) is 4.20. The van der Waals surface area contributed by atoms with Crippen LogP contribution in [0.2, 0.25) is 0 Å². The van der Waals surface area contributed by atoms with Crippen molar-refractivity contribution in [2.24, 2.45) is 16.6 Å². The number of hydrogen-bond acceptors (Lipinski definition) is 1. The minimum Gasteiger partial charge on any atom is -0.384 e. The van der Waals surface area contributed by atoms with E-state index in [1.54, 1.807) is 0 Å². The Balaban J connectivity index is 2.96. The zero-order chi connectivity index (χ0) is 13.1. The molecule has 2 N–H and O–H groups in total. The number of hydrogen-bond donors (Lipinski definition) is 1. The van der Waals surface area contributed by atoms with Crippen LogP contribution in [0.25, 0.3) is 0 Å². The van der Waals surface area contributed by atoms with Gasteiger partial charge in [0.25, 0.3) is 0 Å². The van der Waals surface area contributed by atoms with Crippen molar-refractivity contribution in [2.75, 3.05) is 6.54 Å². The minimum absolute atomic E-state index is 0.143. The summed E-state index contributed by atoms with van der Waals surface area (Å²) in [5, 5.41) is 0. The van der Waals surface area contributed by atoms with Gasteiger partial charge in [-0.05, 0) is 18.1 Å². The smallest absolute Gasteiger partial charge is 0.384 e. The van der Waals surface area contributed by atoms with Gasteiger partial charge in [0, 0.05) is 12.1 Å². The summed E-state index contributed by atoms with van der Waals surface area (Å²) in [6.07, 6.45) is -4.35. The third-order valence-electron chi connectivity index (χ3n) is 2.11. The van der Waals surface area contributed by atoms with Crippen molar-refractivity contribution in [1.29, 1.82) is 0 Å². The first-order chi connectivity index (χ1) is 7.80. The molecule has 94 valence electrons. The van der Waals surface area contributed by atoms with Crippen LogP contribution in [0.15, 0.2) is 29.3 Å². The van der Waals surface area contributed by atoms with Gasteiger partial charge in [-0.25, -0.2) is 0 Å². The first-order valence-electron chi connectivity index (χ1n) is 5.28. The summed E-state index contributed by atoms with van der Waals surface area (Å²) < 4.78 is 37.4. The Labute approximate surface area is 98.4 Å². The quantitative estimate of drug-likeness (QED) is 0.644. The third-order valence-corrected chi connectivity index (χ3v) is 2.11. The van der Waals surface area contributed by atoms with E-state index in [1.165, 1.54) is 12.1 Å². The lowest BCUT2D eigenvalue weighted by atomic mass is 10.1. The summed E-state index contributed by atoms with van der Waals surface area (Å²) in [6.45, 7) is 4.42. The van der Waals surface area contributed by atoms with Crippen LogP contribution in [-0.2, 0) is 6.18 Å². The van der Waals surface area contributed by atoms with Gasteiger partial charge in [-0.3, -0.25) is 4.99 Å². The number of nitrogens with two attached hydrogens (primary N) is 1. The van der Waals surface area contributed by atoms with Crippen LogP contribution in [0.1, 0.15) is 25.0 Å². The van der Waals surface area contributed by atoms with Gasteiger partial charge >= 0.3 is 6.18 Å². The summed E-state index contributed by atoms with van der Waals surface area (Å²) in [4.78, 5) is 4.04. The highest BCUT2D eigenvalue weighted by Gasteiger charge is 2.30. The van der Waals surface area contributed by atoms with Crippen LogP contribution in [0, 0.1) is 5.92 Å². The summed E-state index contributed by atoms with van der Waals surface area (Å²) in [6, 6.07) is 4.88. The molecule has 0 aliphatic rings. The lowest BCUT2D eigenvalue weighted by molar-refractivity contribution is -0.137. The Hall–Kier alpha value is -1.52. The van der Waals surface area contributed by atoms with Gasteiger partial charge in [0.15, 0.2) is 0 Å². The van der Waals surface area contributed by atoms with Gasteiger partial charge in [-0.2, -0.15) is 13.2 Å². The lowest BCUT2D eigenvalue weighted by Crippen LogP contribution is -2.16. The van der Waals surface area contributed by atoms with E-state index in [2.05, 4.69) is 4.99 Å². The van der Waals surface area contributed by atoms with Crippen molar-refractivity contribution in [1.82, 2.24) is 0 Å². The number of halogens is 3. The van der Waals surface area contributed by atoms with Gasteiger partial charge in [0.05, 0.1) is 5.56 Å². The number of rotatable bonds is 3. The third kappa shape index (κ3) is 4.09. The van der Waals surface area contributed by atoms with E-state index in [-0.39, 0.29) is 5.84 Å². The second kappa shape index (κ2) is 5.21. The molecule has 0 fully saturated rings. The van der Waals surface area contributed by atoms with Gasteiger partial charge < -0.3 is 5.73 Å². The standard InChI is InChI=1S/C12H15F3N2/c1-8(2)7-17-11(16)9-4-3-5-10(6-9)12(13,14)15/h3-6,8H,7H2,1-2H3,(H2,16,17). The maximum Gasteiger partial charge on any atom is 0.416 e. The molecule has 0 amide bonds. The maximum absolute atomic E-state index is 12.5. The van der Waals surface area contributed by atoms with E-state index in [0.717, 1.165) is 12.1 Å². The molecule has 1 aromatic carbocycles. The molecule has 0 aromatic heterocycles. The molecule has 1 aromatic rings. The second-order valence-corrected chi connectivity index (χ2v) is 4.20. The number of aliphatic imine (C=N–C) groups is 1. The van der Waals surface area contributed by atoms with Crippen molar-refractivity contribution < 1.29 is 13.2 Å². The highest BCUT2D eigenvalue weighted by atomic mass is 19.4. The summed E-state index contributed by atoms with van der Waals surface area (Å²) in [5.74, 6) is 0.462. The highest BCUT2D eigenvalue weighted by Crippen LogP contribution is 2.29. The normalized spacial score (nSPS) is 13.2. The molecule has 0 aliphatic carbocycles. The molecule has 0 atom stereocenters. The Bertz CT molecular complexity index is 408. The first-order valence-corrected chi connectivity index (χ1v) is 5.28. The molecule has 0 saturated carbocycles. The van der Waals surface area contributed by atoms with Crippen molar-refractivity contribution in [2.45, 2.75) is 20.0 Å². The Morgan fingerprint density at radius 3 is 2.53 bits per heavy atom. The zero-order valence-corrected chi connectivity index (χ0v) is 9.75.